The quantitative estimate of drug-likeness (QED) is 0.416. The summed E-state index contributed by atoms with van der Waals surface area (Å²) in [6.07, 6.45) is 6.74. The van der Waals surface area contributed by atoms with Crippen molar-refractivity contribution in [2.24, 2.45) is 17.8 Å². The van der Waals surface area contributed by atoms with E-state index in [1.165, 1.54) is 11.1 Å². The molecule has 2 heterocycles. The topological polar surface area (TPSA) is 95.9 Å². The lowest BCUT2D eigenvalue weighted by Gasteiger charge is -2.46. The van der Waals surface area contributed by atoms with E-state index in [2.05, 4.69) is 21.8 Å². The molecule has 2 aliphatic heterocycles. The lowest BCUT2D eigenvalue weighted by atomic mass is 9.68. The zero-order valence-electron chi connectivity index (χ0n) is 23.9. The Kier molecular flexibility index (Phi) is 7.79. The Morgan fingerprint density at radius 2 is 1.90 bits per heavy atom. The molecule has 0 aromatic heterocycles. The number of amides is 1. The van der Waals surface area contributed by atoms with E-state index in [4.69, 9.17) is 16.3 Å². The number of halogens is 1. The van der Waals surface area contributed by atoms with Crippen LogP contribution in [0.2, 0.25) is 5.02 Å². The molecule has 41 heavy (non-hydrogen) atoms. The Balaban J connectivity index is 1.41. The summed E-state index contributed by atoms with van der Waals surface area (Å²) in [7, 11) is -3.88. The van der Waals surface area contributed by atoms with E-state index in [0.29, 0.717) is 43.2 Å². The molecule has 2 bridgehead atoms. The van der Waals surface area contributed by atoms with Crippen molar-refractivity contribution in [3.8, 4) is 5.75 Å². The molecule has 0 radical (unpaired) electrons. The van der Waals surface area contributed by atoms with Gasteiger partial charge in [-0.2, -0.15) is 0 Å². The summed E-state index contributed by atoms with van der Waals surface area (Å²) in [5.41, 5.74) is 3.39. The highest BCUT2D eigenvalue weighted by atomic mass is 35.5. The Hall–Kier alpha value is -2.29. The second-order valence-corrected chi connectivity index (χ2v) is 15.4. The molecule has 1 fully saturated rings. The molecule has 1 spiro atoms. The number of fused-ring (bicyclic) bond motifs is 4. The summed E-state index contributed by atoms with van der Waals surface area (Å²) in [6.45, 7) is 5.53. The number of aliphatic hydroxyl groups is 1. The molecule has 1 saturated carbocycles. The van der Waals surface area contributed by atoms with Crippen LogP contribution in [0.15, 0.2) is 36.4 Å². The first-order valence-electron chi connectivity index (χ1n) is 15.1. The molecule has 0 saturated heterocycles. The second-order valence-electron chi connectivity index (χ2n) is 12.9. The lowest BCUT2D eigenvalue weighted by Crippen LogP contribution is -2.49. The molecule has 1 amide bonds. The van der Waals surface area contributed by atoms with Crippen LogP contribution in [0.1, 0.15) is 80.3 Å². The maximum atomic E-state index is 13.3. The van der Waals surface area contributed by atoms with Crippen LogP contribution in [0, 0.1) is 17.8 Å². The van der Waals surface area contributed by atoms with Crippen molar-refractivity contribution >= 4 is 33.2 Å². The lowest BCUT2D eigenvalue weighted by molar-refractivity contribution is 0.00857. The maximum absolute atomic E-state index is 13.3. The molecule has 2 N–H and O–H groups in total. The van der Waals surface area contributed by atoms with Gasteiger partial charge in [0.15, 0.2) is 0 Å². The number of aryl methyl sites for hydroxylation is 1. The van der Waals surface area contributed by atoms with Crippen LogP contribution >= 0.6 is 11.6 Å². The van der Waals surface area contributed by atoms with Crippen LogP contribution < -0.4 is 14.4 Å². The van der Waals surface area contributed by atoms with Gasteiger partial charge in [0.2, 0.25) is 10.0 Å². The Bertz CT molecular complexity index is 1430. The minimum Gasteiger partial charge on any atom is -0.490 e. The molecule has 9 heteroatoms. The largest absolute Gasteiger partial charge is 0.490 e. The third kappa shape index (κ3) is 5.48. The highest BCUT2D eigenvalue weighted by molar-refractivity contribution is 7.90. The fourth-order valence-electron chi connectivity index (χ4n) is 7.55. The number of sulfonamides is 1. The molecule has 2 aromatic carbocycles. The molecule has 2 aliphatic carbocycles. The third-order valence-corrected chi connectivity index (χ3v) is 12.6. The maximum Gasteiger partial charge on any atom is 0.264 e. The molecule has 7 nitrogen and oxygen atoms in total. The number of nitrogens with one attached hydrogen (secondary N) is 1. The van der Waals surface area contributed by atoms with Gasteiger partial charge in [-0.1, -0.05) is 31.0 Å². The minimum absolute atomic E-state index is 0.141. The number of carbonyl (C=O) groups excluding carboxylic acids is 1. The summed E-state index contributed by atoms with van der Waals surface area (Å²) in [6, 6.07) is 11.4. The van der Waals surface area contributed by atoms with Gasteiger partial charge in [0.1, 0.15) is 5.75 Å². The monoisotopic (exact) mass is 600 g/mol. The van der Waals surface area contributed by atoms with E-state index in [1.807, 2.05) is 13.0 Å². The summed E-state index contributed by atoms with van der Waals surface area (Å²) in [5, 5.41) is 11.2. The van der Waals surface area contributed by atoms with Gasteiger partial charge in [0.25, 0.3) is 5.91 Å². The second kappa shape index (κ2) is 11.1. The smallest absolute Gasteiger partial charge is 0.264 e. The van der Waals surface area contributed by atoms with Gasteiger partial charge >= 0.3 is 0 Å². The first-order valence-corrected chi connectivity index (χ1v) is 17.0. The number of nitrogens with zero attached hydrogens (tertiary/aromatic N) is 1. The molecular formula is C32H41ClN2O5S. The van der Waals surface area contributed by atoms with Crippen molar-refractivity contribution in [3.05, 3.63) is 58.1 Å². The predicted molar refractivity (Wildman–Crippen MR) is 161 cm³/mol. The van der Waals surface area contributed by atoms with Crippen LogP contribution in [0.3, 0.4) is 0 Å². The molecular weight excluding hydrogens is 560 g/mol. The molecule has 6 atom stereocenters. The zero-order chi connectivity index (χ0) is 28.9. The third-order valence-electron chi connectivity index (χ3n) is 10.4. The Morgan fingerprint density at radius 3 is 2.68 bits per heavy atom. The Labute approximate surface area is 248 Å². The van der Waals surface area contributed by atoms with Gasteiger partial charge in [-0.25, -0.2) is 13.1 Å². The minimum atomic E-state index is -3.88. The number of benzene rings is 2. The fraction of sp³-hybridized carbons (Fsp3) is 0.594. The molecule has 2 aromatic rings. The number of hydrogen-bond acceptors (Lipinski definition) is 6. The van der Waals surface area contributed by atoms with Crippen LogP contribution in [0.25, 0.3) is 0 Å². The van der Waals surface area contributed by atoms with Gasteiger partial charge in [-0.15, -0.1) is 0 Å². The van der Waals surface area contributed by atoms with Crippen LogP contribution in [0.5, 0.6) is 5.75 Å². The number of ether oxygens (including phenoxy) is 1. The number of rotatable bonds is 0. The standard InChI is InChI=1S/C32H41ClN2O5S/c1-20-5-3-7-29(36)26-11-8-24(26)17-35-18-32(14-4-6-22-15-25(33)10-12-27(22)32)19-40-30-13-9-23(16-28(30)35)31(37)34-41(38,39)21(20)2/h9-10,12-13,15-16,20-21,24,26,29,36H,3-8,11,14,17-19H2,1-2H3,(H,34,37)/t20-,21+,24+,26-,29+,32+/m1/s1. The van der Waals surface area contributed by atoms with Crippen LogP contribution in [-0.2, 0) is 21.9 Å². The van der Waals surface area contributed by atoms with Crippen molar-refractivity contribution in [3.63, 3.8) is 0 Å². The summed E-state index contributed by atoms with van der Waals surface area (Å²) in [5.74, 6) is 0.489. The van der Waals surface area contributed by atoms with E-state index in [-0.39, 0.29) is 17.3 Å². The fourth-order valence-corrected chi connectivity index (χ4v) is 9.06. The number of carbonyl (C=O) groups is 1. The molecule has 4 aliphatic rings. The van der Waals surface area contributed by atoms with Gasteiger partial charge in [0, 0.05) is 29.1 Å². The van der Waals surface area contributed by atoms with Gasteiger partial charge in [-0.3, -0.25) is 4.79 Å². The van der Waals surface area contributed by atoms with E-state index < -0.39 is 27.3 Å². The Morgan fingerprint density at radius 1 is 1.07 bits per heavy atom. The normalized spacial score (nSPS) is 33.4. The van der Waals surface area contributed by atoms with Gasteiger partial charge < -0.3 is 14.7 Å². The number of aliphatic hydroxyl groups excluding tert-OH is 1. The van der Waals surface area contributed by atoms with Gasteiger partial charge in [0.05, 0.1) is 23.6 Å². The van der Waals surface area contributed by atoms with Gasteiger partial charge in [-0.05, 0) is 111 Å². The van der Waals surface area contributed by atoms with Crippen molar-refractivity contribution in [2.75, 3.05) is 24.6 Å². The summed E-state index contributed by atoms with van der Waals surface area (Å²) in [4.78, 5) is 15.7. The van der Waals surface area contributed by atoms with Crippen molar-refractivity contribution in [2.45, 2.75) is 82.0 Å². The summed E-state index contributed by atoms with van der Waals surface area (Å²) >= 11 is 6.38. The number of hydrogen-bond donors (Lipinski definition) is 2. The zero-order valence-corrected chi connectivity index (χ0v) is 25.5. The first-order chi connectivity index (χ1) is 19.6. The first kappa shape index (κ1) is 28.8. The SMILES string of the molecule is C[C@@H]1CCC[C@H](O)[C@@H]2CC[C@H]2CN2C[C@@]3(CCCc4cc(Cl)ccc43)COc3ccc(cc32)C(=O)NS(=O)(=O)[C@H]1C. The van der Waals surface area contributed by atoms with E-state index in [1.54, 1.807) is 25.1 Å². The van der Waals surface area contributed by atoms with Crippen LogP contribution in [-0.4, -0.2) is 50.5 Å². The van der Waals surface area contributed by atoms with Crippen LogP contribution in [0.4, 0.5) is 5.69 Å². The number of anilines is 1. The van der Waals surface area contributed by atoms with E-state index in [9.17, 15) is 18.3 Å². The van der Waals surface area contributed by atoms with Crippen molar-refractivity contribution < 1.29 is 23.1 Å². The van der Waals surface area contributed by atoms with E-state index >= 15 is 0 Å². The molecule has 6 rings (SSSR count). The van der Waals surface area contributed by atoms with E-state index in [0.717, 1.165) is 55.8 Å². The molecule has 0 unspecified atom stereocenters. The average molecular weight is 601 g/mol. The average Bonchev–Trinajstić information content (AvgIpc) is 3.06. The van der Waals surface area contributed by atoms with Crippen molar-refractivity contribution in [1.29, 1.82) is 0 Å². The highest BCUT2D eigenvalue weighted by Gasteiger charge is 2.44. The molecule has 222 valence electrons. The highest BCUT2D eigenvalue weighted by Crippen LogP contribution is 2.47. The van der Waals surface area contributed by atoms with Crippen molar-refractivity contribution in [1.82, 2.24) is 4.72 Å². The predicted octanol–water partition coefficient (Wildman–Crippen LogP) is 5.47. The summed E-state index contributed by atoms with van der Waals surface area (Å²) < 4.78 is 35.2.